The Morgan fingerprint density at radius 2 is 1.95 bits per heavy atom. The van der Waals surface area contributed by atoms with Crippen molar-refractivity contribution in [1.82, 2.24) is 0 Å². The third-order valence-corrected chi connectivity index (χ3v) is 2.56. The average Bonchev–Trinajstić information content (AvgIpc) is 2.18. The summed E-state index contributed by atoms with van der Waals surface area (Å²) in [6.07, 6.45) is -0.377. The highest BCUT2D eigenvalue weighted by molar-refractivity contribution is 9.10. The molecule has 0 aliphatic carbocycles. The molecule has 0 aliphatic rings. The fourth-order valence-corrected chi connectivity index (χ4v) is 1.82. The smallest absolute Gasteiger partial charge is 0.412 e. The lowest BCUT2D eigenvalue weighted by molar-refractivity contribution is 0.0636. The van der Waals surface area contributed by atoms with Gasteiger partial charge in [-0.15, -0.1) is 0 Å². The molecule has 0 atom stereocenters. The summed E-state index contributed by atoms with van der Waals surface area (Å²) < 4.78 is 11.6. The fourth-order valence-electron chi connectivity index (χ4n) is 1.35. The molecule has 1 aromatic carbocycles. The topological polar surface area (TPSA) is 47.6 Å². The van der Waals surface area contributed by atoms with Gasteiger partial charge in [0, 0.05) is 5.69 Å². The van der Waals surface area contributed by atoms with Gasteiger partial charge in [0.2, 0.25) is 0 Å². The van der Waals surface area contributed by atoms with E-state index in [-0.39, 0.29) is 6.10 Å². The summed E-state index contributed by atoms with van der Waals surface area (Å²) in [5.41, 5.74) is 0.138. The second kappa shape index (κ2) is 6.28. The van der Waals surface area contributed by atoms with Crippen LogP contribution in [0.1, 0.15) is 34.6 Å². The number of carbonyl (C=O) groups excluding carboxylic acids is 1. The Kier molecular flexibility index (Phi) is 5.23. The van der Waals surface area contributed by atoms with Crippen LogP contribution in [0.4, 0.5) is 10.5 Å². The van der Waals surface area contributed by atoms with E-state index in [1.807, 2.05) is 34.6 Å². The van der Waals surface area contributed by atoms with Crippen molar-refractivity contribution in [3.8, 4) is 5.75 Å². The molecule has 1 aromatic rings. The zero-order valence-corrected chi connectivity index (χ0v) is 13.5. The molecule has 1 amide bonds. The minimum Gasteiger partial charge on any atom is -0.490 e. The summed E-state index contributed by atoms with van der Waals surface area (Å²) in [6, 6.07) is 5.35. The summed E-state index contributed by atoms with van der Waals surface area (Å²) in [7, 11) is 0. The molecule has 0 radical (unpaired) electrons. The molecule has 0 saturated carbocycles. The lowest BCUT2D eigenvalue weighted by atomic mass is 10.2. The molecule has 5 heteroatoms. The van der Waals surface area contributed by atoms with Crippen molar-refractivity contribution in [2.24, 2.45) is 0 Å². The van der Waals surface area contributed by atoms with Crippen LogP contribution >= 0.6 is 15.9 Å². The van der Waals surface area contributed by atoms with Crippen LogP contribution in [0.5, 0.6) is 5.75 Å². The van der Waals surface area contributed by atoms with Crippen molar-refractivity contribution in [3.05, 3.63) is 22.7 Å². The van der Waals surface area contributed by atoms with Gasteiger partial charge in [-0.05, 0) is 68.7 Å². The monoisotopic (exact) mass is 329 g/mol. The van der Waals surface area contributed by atoms with E-state index in [9.17, 15) is 4.79 Å². The number of rotatable bonds is 3. The largest absolute Gasteiger partial charge is 0.490 e. The van der Waals surface area contributed by atoms with Gasteiger partial charge in [0.15, 0.2) is 0 Å². The van der Waals surface area contributed by atoms with Crippen molar-refractivity contribution in [2.45, 2.75) is 46.3 Å². The first-order valence-corrected chi connectivity index (χ1v) is 6.93. The maximum Gasteiger partial charge on any atom is 0.412 e. The number of carbonyl (C=O) groups is 1. The first kappa shape index (κ1) is 15.8. The summed E-state index contributed by atoms with van der Waals surface area (Å²) in [4.78, 5) is 11.6. The Labute approximate surface area is 122 Å². The number of halogens is 1. The third-order valence-electron chi connectivity index (χ3n) is 1.94. The van der Waals surface area contributed by atoms with Crippen LogP contribution in [0.25, 0.3) is 0 Å². The number of hydrogen-bond acceptors (Lipinski definition) is 3. The Hall–Kier alpha value is -1.23. The molecule has 1 N–H and O–H groups in total. The molecule has 0 aliphatic heterocycles. The molecule has 0 unspecified atom stereocenters. The molecule has 1 rings (SSSR count). The van der Waals surface area contributed by atoms with E-state index in [0.29, 0.717) is 5.69 Å². The summed E-state index contributed by atoms with van der Waals surface area (Å²) in [5.74, 6) is 0.740. The molecule has 0 spiro atoms. The van der Waals surface area contributed by atoms with Crippen molar-refractivity contribution in [3.63, 3.8) is 0 Å². The van der Waals surface area contributed by atoms with Gasteiger partial charge in [-0.3, -0.25) is 5.32 Å². The zero-order chi connectivity index (χ0) is 14.6. The second-order valence-corrected chi connectivity index (χ2v) is 6.29. The van der Waals surface area contributed by atoms with Crippen LogP contribution in [0, 0.1) is 0 Å². The Morgan fingerprint density at radius 3 is 2.42 bits per heavy atom. The van der Waals surface area contributed by atoms with Gasteiger partial charge in [-0.25, -0.2) is 4.79 Å². The second-order valence-electron chi connectivity index (χ2n) is 5.44. The number of anilines is 1. The summed E-state index contributed by atoms with van der Waals surface area (Å²) >= 11 is 3.41. The normalized spacial score (nSPS) is 11.3. The van der Waals surface area contributed by atoms with Crippen molar-refractivity contribution < 1.29 is 14.3 Å². The molecule has 0 fully saturated rings. The van der Waals surface area contributed by atoms with Crippen LogP contribution in [0.15, 0.2) is 22.7 Å². The number of benzene rings is 1. The van der Waals surface area contributed by atoms with E-state index in [2.05, 4.69) is 21.2 Å². The predicted octanol–water partition coefficient (Wildman–Crippen LogP) is 4.58. The van der Waals surface area contributed by atoms with Crippen molar-refractivity contribution in [2.75, 3.05) is 5.32 Å². The van der Waals surface area contributed by atoms with Crippen molar-refractivity contribution >= 4 is 27.7 Å². The van der Waals surface area contributed by atoms with E-state index < -0.39 is 11.7 Å². The Morgan fingerprint density at radius 1 is 1.32 bits per heavy atom. The first-order chi connectivity index (χ1) is 8.67. The average molecular weight is 330 g/mol. The highest BCUT2D eigenvalue weighted by Gasteiger charge is 2.16. The number of nitrogens with one attached hydrogen (secondary N) is 1. The SMILES string of the molecule is CC(C)Oc1ccc(NC(=O)OC(C)(C)C)cc1Br. The highest BCUT2D eigenvalue weighted by Crippen LogP contribution is 2.29. The number of ether oxygens (including phenoxy) is 2. The van der Waals surface area contributed by atoms with E-state index in [1.54, 1.807) is 18.2 Å². The number of hydrogen-bond donors (Lipinski definition) is 1. The lowest BCUT2D eigenvalue weighted by Gasteiger charge is -2.20. The minimum absolute atomic E-state index is 0.0981. The van der Waals surface area contributed by atoms with Crippen LogP contribution in [0.2, 0.25) is 0 Å². The Bertz CT molecular complexity index is 452. The van der Waals surface area contributed by atoms with E-state index >= 15 is 0 Å². The fraction of sp³-hybridized carbons (Fsp3) is 0.500. The van der Waals surface area contributed by atoms with E-state index in [1.165, 1.54) is 0 Å². The third kappa shape index (κ3) is 5.96. The molecular formula is C14H20BrNO3. The maximum atomic E-state index is 11.6. The summed E-state index contributed by atoms with van der Waals surface area (Å²) in [5, 5.41) is 2.67. The van der Waals surface area contributed by atoms with E-state index in [4.69, 9.17) is 9.47 Å². The summed E-state index contributed by atoms with van der Waals surface area (Å²) in [6.45, 7) is 9.38. The van der Waals surface area contributed by atoms with Crippen molar-refractivity contribution in [1.29, 1.82) is 0 Å². The maximum absolute atomic E-state index is 11.6. The van der Waals surface area contributed by atoms with Gasteiger partial charge in [-0.1, -0.05) is 0 Å². The molecular weight excluding hydrogens is 310 g/mol. The molecule has 0 saturated heterocycles. The molecule has 19 heavy (non-hydrogen) atoms. The molecule has 0 heterocycles. The number of amides is 1. The quantitative estimate of drug-likeness (QED) is 0.882. The van der Waals surface area contributed by atoms with Crippen LogP contribution in [-0.2, 0) is 4.74 Å². The first-order valence-electron chi connectivity index (χ1n) is 6.13. The van der Waals surface area contributed by atoms with Crippen LogP contribution in [-0.4, -0.2) is 17.8 Å². The molecule has 106 valence electrons. The van der Waals surface area contributed by atoms with Crippen LogP contribution in [0.3, 0.4) is 0 Å². The van der Waals surface area contributed by atoms with Gasteiger partial charge in [-0.2, -0.15) is 0 Å². The minimum atomic E-state index is -0.512. The molecule has 4 nitrogen and oxygen atoms in total. The van der Waals surface area contributed by atoms with Gasteiger partial charge in [0.05, 0.1) is 10.6 Å². The van der Waals surface area contributed by atoms with Gasteiger partial charge >= 0.3 is 6.09 Å². The van der Waals surface area contributed by atoms with Gasteiger partial charge < -0.3 is 9.47 Å². The lowest BCUT2D eigenvalue weighted by Crippen LogP contribution is -2.27. The zero-order valence-electron chi connectivity index (χ0n) is 11.9. The van der Waals surface area contributed by atoms with Crippen LogP contribution < -0.4 is 10.1 Å². The van der Waals surface area contributed by atoms with Gasteiger partial charge in [0.25, 0.3) is 0 Å². The predicted molar refractivity (Wildman–Crippen MR) is 79.8 cm³/mol. The molecule has 0 aromatic heterocycles. The molecule has 0 bridgehead atoms. The highest BCUT2D eigenvalue weighted by atomic mass is 79.9. The standard InChI is InChI=1S/C14H20BrNO3/c1-9(2)18-12-7-6-10(8-11(12)15)16-13(17)19-14(3,4)5/h6-9H,1-5H3,(H,16,17). The van der Waals surface area contributed by atoms with Gasteiger partial charge in [0.1, 0.15) is 11.4 Å². The van der Waals surface area contributed by atoms with E-state index in [0.717, 1.165) is 10.2 Å². The Balaban J connectivity index is 2.71.